The van der Waals surface area contributed by atoms with Crippen LogP contribution in [-0.4, -0.2) is 113 Å². The van der Waals surface area contributed by atoms with Gasteiger partial charge in [-0.05, 0) is 12.1 Å². The second-order valence-corrected chi connectivity index (χ2v) is 13.7. The molecule has 54 heavy (non-hydrogen) atoms. The summed E-state index contributed by atoms with van der Waals surface area (Å²) < 4.78 is 112. The number of carbonyl (C=O) groups is 2. The monoisotopic (exact) mass is 788 g/mol. The minimum Gasteiger partial charge on any atom is -0.459 e. The maximum absolute atomic E-state index is 14.2. The van der Waals surface area contributed by atoms with Gasteiger partial charge >= 0.3 is 18.1 Å². The predicted molar refractivity (Wildman–Crippen MR) is 169 cm³/mol. The number of halogens is 6. The molecule has 4 aromatic rings. The number of benzene rings is 1. The van der Waals surface area contributed by atoms with E-state index >= 15 is 0 Å². The van der Waals surface area contributed by atoms with Gasteiger partial charge in [0.05, 0.1) is 55.2 Å². The number of methoxy groups -OCH3 is 1. The highest BCUT2D eigenvalue weighted by molar-refractivity contribution is 8.00. The molecule has 0 aliphatic carbocycles. The first-order valence-electron chi connectivity index (χ1n) is 15.9. The van der Waals surface area contributed by atoms with E-state index in [-0.39, 0.29) is 42.3 Å². The third kappa shape index (κ3) is 7.90. The average Bonchev–Trinajstić information content (AvgIpc) is 3.82. The molecular formula is C31H30F6N8O8S. The van der Waals surface area contributed by atoms with Crippen LogP contribution < -0.4 is 0 Å². The van der Waals surface area contributed by atoms with Gasteiger partial charge in [-0.1, -0.05) is 10.4 Å². The molecule has 2 aliphatic rings. The lowest BCUT2D eigenvalue weighted by Gasteiger charge is -2.50. The molecule has 0 saturated carbocycles. The number of rotatable bonds is 10. The van der Waals surface area contributed by atoms with Crippen LogP contribution in [0.3, 0.4) is 0 Å². The Kier molecular flexibility index (Phi) is 11.0. The molecule has 6 rings (SSSR count). The zero-order valence-corrected chi connectivity index (χ0v) is 29.2. The standard InChI is InChI=1S/C31H30F6N8O8S/c1-15(46)51-14-29(53-16(2)47)13-30(49-3,45-9-22(41-43-45)17-4-19(32)26(34)20(33)5-17)25(12-52-29)54-24-11-50-10-23(27(24)48)44-8-21(40-42-44)18-6-38-28(39-7-18)31(35,36)37/h4-9,23-25,27,48H,10-14H2,1-3H3/t23-,24+,25?,27+,29?,30?/m0/s1. The van der Waals surface area contributed by atoms with E-state index in [1.165, 1.54) is 28.9 Å². The van der Waals surface area contributed by atoms with Crippen molar-refractivity contribution in [1.82, 2.24) is 40.0 Å². The van der Waals surface area contributed by atoms with E-state index < -0.39 is 88.6 Å². The average molecular weight is 789 g/mol. The van der Waals surface area contributed by atoms with E-state index in [0.717, 1.165) is 50.1 Å². The highest BCUT2D eigenvalue weighted by Crippen LogP contribution is 2.47. The number of hydrogen-bond acceptors (Lipinski definition) is 15. The fourth-order valence-electron chi connectivity index (χ4n) is 6.02. The molecular weight excluding hydrogens is 758 g/mol. The molecule has 6 atom stereocenters. The molecule has 0 amide bonds. The zero-order valence-electron chi connectivity index (χ0n) is 28.4. The summed E-state index contributed by atoms with van der Waals surface area (Å²) >= 11 is 1.12. The number of ether oxygens (including phenoxy) is 5. The summed E-state index contributed by atoms with van der Waals surface area (Å²) in [5.74, 6) is -9.40. The Morgan fingerprint density at radius 3 is 2.28 bits per heavy atom. The molecule has 2 fully saturated rings. The number of carbonyl (C=O) groups excluding carboxylic acids is 2. The van der Waals surface area contributed by atoms with Crippen molar-refractivity contribution in [3.63, 3.8) is 0 Å². The van der Waals surface area contributed by atoms with Crippen molar-refractivity contribution in [3.8, 4) is 22.5 Å². The third-order valence-corrected chi connectivity index (χ3v) is 10.2. The van der Waals surface area contributed by atoms with Crippen molar-refractivity contribution in [2.75, 3.05) is 33.5 Å². The van der Waals surface area contributed by atoms with Gasteiger partial charge in [-0.3, -0.25) is 9.59 Å². The van der Waals surface area contributed by atoms with Crippen LogP contribution in [0.15, 0.2) is 36.9 Å². The van der Waals surface area contributed by atoms with Gasteiger partial charge in [0.2, 0.25) is 5.82 Å². The van der Waals surface area contributed by atoms with Crippen LogP contribution >= 0.6 is 11.8 Å². The minimum atomic E-state index is -4.74. The molecule has 1 aromatic carbocycles. The van der Waals surface area contributed by atoms with Gasteiger partial charge in [-0.2, -0.15) is 13.2 Å². The van der Waals surface area contributed by atoms with Crippen LogP contribution in [0.1, 0.15) is 32.1 Å². The van der Waals surface area contributed by atoms with Crippen LogP contribution in [0.25, 0.3) is 22.5 Å². The van der Waals surface area contributed by atoms with E-state index in [1.54, 1.807) is 0 Å². The van der Waals surface area contributed by atoms with Crippen LogP contribution in [-0.2, 0) is 45.2 Å². The first kappa shape index (κ1) is 39.0. The second-order valence-electron chi connectivity index (χ2n) is 12.3. The van der Waals surface area contributed by atoms with Crippen LogP contribution in [0, 0.1) is 17.5 Å². The fourth-order valence-corrected chi connectivity index (χ4v) is 7.60. The Labute approximate surface area is 305 Å². The van der Waals surface area contributed by atoms with Gasteiger partial charge < -0.3 is 28.8 Å². The Balaban J connectivity index is 1.31. The number of nitrogens with zero attached hydrogens (tertiary/aromatic N) is 8. The van der Waals surface area contributed by atoms with Crippen molar-refractivity contribution in [2.24, 2.45) is 0 Å². The SMILES string of the molecule is COC1(n2cc(-c3cc(F)c(F)c(F)c3)nn2)CC(COC(C)=O)(OC(C)=O)OCC1S[C@@H]1COC[C@H](n2cc(-c3cnc(C(F)(F)F)nc3)nn2)[C@H]1O. The van der Waals surface area contributed by atoms with E-state index in [0.29, 0.717) is 0 Å². The lowest BCUT2D eigenvalue weighted by Crippen LogP contribution is -2.62. The summed E-state index contributed by atoms with van der Waals surface area (Å²) in [4.78, 5) is 30.8. The Bertz CT molecular complexity index is 1980. The van der Waals surface area contributed by atoms with E-state index in [1.807, 2.05) is 0 Å². The first-order chi connectivity index (χ1) is 25.5. The number of aromatic nitrogens is 8. The van der Waals surface area contributed by atoms with Crippen molar-refractivity contribution in [3.05, 3.63) is 60.2 Å². The summed E-state index contributed by atoms with van der Waals surface area (Å²) in [6, 6.07) is 0.602. The summed E-state index contributed by atoms with van der Waals surface area (Å²) in [6.45, 7) is 1.33. The lowest BCUT2D eigenvalue weighted by molar-refractivity contribution is -0.307. The normalized spacial score (nSPS) is 26.0. The molecule has 2 aliphatic heterocycles. The maximum Gasteiger partial charge on any atom is 0.451 e. The van der Waals surface area contributed by atoms with Crippen molar-refractivity contribution < 1.29 is 64.7 Å². The van der Waals surface area contributed by atoms with Gasteiger partial charge in [-0.15, -0.1) is 22.0 Å². The molecule has 0 radical (unpaired) electrons. The number of hydrogen-bond donors (Lipinski definition) is 1. The molecule has 16 nitrogen and oxygen atoms in total. The Morgan fingerprint density at radius 1 is 0.981 bits per heavy atom. The summed E-state index contributed by atoms with van der Waals surface area (Å²) in [5.41, 5.74) is -1.71. The fraction of sp³-hybridized carbons (Fsp3) is 0.484. The van der Waals surface area contributed by atoms with Crippen molar-refractivity contribution in [2.45, 2.75) is 60.6 Å². The number of esters is 2. The van der Waals surface area contributed by atoms with Crippen molar-refractivity contribution >= 4 is 23.7 Å². The lowest BCUT2D eigenvalue weighted by atomic mass is 9.95. The highest BCUT2D eigenvalue weighted by Gasteiger charge is 2.58. The Morgan fingerprint density at radius 2 is 1.65 bits per heavy atom. The van der Waals surface area contributed by atoms with E-state index in [4.69, 9.17) is 23.7 Å². The molecule has 1 N–H and O–H groups in total. The molecule has 23 heteroatoms. The molecule has 0 bridgehead atoms. The highest BCUT2D eigenvalue weighted by atomic mass is 32.2. The summed E-state index contributed by atoms with van der Waals surface area (Å²) in [7, 11) is 1.29. The maximum atomic E-state index is 14.2. The third-order valence-electron chi connectivity index (χ3n) is 8.60. The minimum absolute atomic E-state index is 0.00774. The van der Waals surface area contributed by atoms with Gasteiger partial charge in [0, 0.05) is 44.5 Å². The van der Waals surface area contributed by atoms with Crippen LogP contribution in [0.5, 0.6) is 0 Å². The van der Waals surface area contributed by atoms with Crippen molar-refractivity contribution in [1.29, 1.82) is 0 Å². The zero-order chi connectivity index (χ0) is 39.0. The second kappa shape index (κ2) is 15.2. The topological polar surface area (TPSA) is 188 Å². The van der Waals surface area contributed by atoms with Gasteiger partial charge in [0.1, 0.15) is 17.4 Å². The summed E-state index contributed by atoms with van der Waals surface area (Å²) in [5, 5.41) is 26.2. The molecule has 290 valence electrons. The Hall–Kier alpha value is -4.71. The van der Waals surface area contributed by atoms with E-state index in [9.17, 15) is 41.0 Å². The predicted octanol–water partition coefficient (Wildman–Crippen LogP) is 3.07. The number of alkyl halides is 3. The number of aliphatic hydroxyl groups is 1. The first-order valence-corrected chi connectivity index (χ1v) is 16.8. The quantitative estimate of drug-likeness (QED) is 0.140. The largest absolute Gasteiger partial charge is 0.459 e. The molecule has 3 unspecified atom stereocenters. The molecule has 0 spiro atoms. The smallest absolute Gasteiger partial charge is 0.451 e. The van der Waals surface area contributed by atoms with E-state index in [2.05, 4.69) is 30.6 Å². The van der Waals surface area contributed by atoms with Gasteiger partial charge in [0.25, 0.3) is 5.79 Å². The van der Waals surface area contributed by atoms with Crippen LogP contribution in [0.2, 0.25) is 0 Å². The number of thioether (sulfide) groups is 1. The molecule has 2 saturated heterocycles. The van der Waals surface area contributed by atoms with Gasteiger partial charge in [-0.25, -0.2) is 32.5 Å². The van der Waals surface area contributed by atoms with Crippen LogP contribution in [0.4, 0.5) is 26.3 Å². The summed E-state index contributed by atoms with van der Waals surface area (Å²) in [6.07, 6.45) is -1.80. The van der Waals surface area contributed by atoms with Gasteiger partial charge in [0.15, 0.2) is 29.8 Å². The molecule has 3 aromatic heterocycles. The number of aliphatic hydroxyl groups excluding tert-OH is 1. The molecule has 5 heterocycles.